The molecule has 1 aromatic carbocycles. The summed E-state index contributed by atoms with van der Waals surface area (Å²) in [6.45, 7) is 0.292. The number of aromatic amines is 1. The normalized spacial score (nSPS) is 10.6. The number of benzene rings is 1. The van der Waals surface area contributed by atoms with E-state index in [0.717, 1.165) is 0 Å². The molecule has 0 bridgehead atoms. The lowest BCUT2D eigenvalue weighted by Gasteiger charge is -2.08. The molecule has 0 aliphatic carbocycles. The second kappa shape index (κ2) is 6.69. The van der Waals surface area contributed by atoms with Crippen molar-refractivity contribution in [2.45, 2.75) is 6.61 Å². The first-order chi connectivity index (χ1) is 9.63. The third-order valence-corrected chi connectivity index (χ3v) is 2.92. The second-order valence-electron chi connectivity index (χ2n) is 3.90. The van der Waals surface area contributed by atoms with Gasteiger partial charge in [-0.3, -0.25) is 9.89 Å². The van der Waals surface area contributed by atoms with Gasteiger partial charge in [0.15, 0.2) is 11.6 Å². The Morgan fingerprint density at radius 1 is 1.50 bits per heavy atom. The summed E-state index contributed by atoms with van der Waals surface area (Å²) < 4.78 is 4.95. The maximum Gasteiger partial charge on any atom is 0.239 e. The number of hydrogen-bond donors (Lipinski definition) is 2. The molecule has 0 radical (unpaired) electrons. The molecule has 1 heterocycles. The number of methoxy groups -OCH3 is 1. The lowest BCUT2D eigenvalue weighted by Crippen LogP contribution is -2.13. The maximum atomic E-state index is 11.4. The molecule has 1 aromatic heterocycles. The lowest BCUT2D eigenvalue weighted by molar-refractivity contribution is -0.113. The fourth-order valence-electron chi connectivity index (χ4n) is 1.62. The van der Waals surface area contributed by atoms with E-state index < -0.39 is 0 Å². The predicted molar refractivity (Wildman–Crippen MR) is 76.9 cm³/mol. The van der Waals surface area contributed by atoms with E-state index in [-0.39, 0.29) is 11.8 Å². The summed E-state index contributed by atoms with van der Waals surface area (Å²) in [6.07, 6.45) is 0. The highest BCUT2D eigenvalue weighted by Crippen LogP contribution is 2.28. The van der Waals surface area contributed by atoms with Crippen molar-refractivity contribution in [3.05, 3.63) is 29.0 Å². The Balaban J connectivity index is 2.37. The van der Waals surface area contributed by atoms with Crippen LogP contribution in [-0.2, 0) is 16.1 Å². The van der Waals surface area contributed by atoms with Gasteiger partial charge in [0, 0.05) is 17.7 Å². The van der Waals surface area contributed by atoms with Crippen LogP contribution in [0.5, 0.6) is 0 Å². The molecule has 2 N–H and O–H groups in total. The first kappa shape index (κ1) is 14.8. The molecular formula is C12H12Cl2N4O2. The molecule has 1 amide bonds. The van der Waals surface area contributed by atoms with E-state index in [0.29, 0.717) is 34.5 Å². The van der Waals surface area contributed by atoms with Crippen LogP contribution in [0.2, 0.25) is 5.02 Å². The van der Waals surface area contributed by atoms with Crippen molar-refractivity contribution in [3.8, 4) is 11.4 Å². The van der Waals surface area contributed by atoms with Crippen LogP contribution in [0.15, 0.2) is 18.2 Å². The number of carbonyl (C=O) groups is 1. The number of nitrogens with one attached hydrogen (secondary N) is 2. The first-order valence-corrected chi connectivity index (χ1v) is 6.61. The molecule has 0 aliphatic heterocycles. The van der Waals surface area contributed by atoms with Crippen molar-refractivity contribution in [2.75, 3.05) is 18.3 Å². The molecule has 0 saturated heterocycles. The van der Waals surface area contributed by atoms with Gasteiger partial charge in [0.2, 0.25) is 5.91 Å². The van der Waals surface area contributed by atoms with E-state index in [2.05, 4.69) is 20.5 Å². The molecule has 2 aromatic rings. The van der Waals surface area contributed by atoms with Crippen molar-refractivity contribution in [3.63, 3.8) is 0 Å². The van der Waals surface area contributed by atoms with Gasteiger partial charge < -0.3 is 10.1 Å². The molecule has 0 unspecified atom stereocenters. The van der Waals surface area contributed by atoms with Crippen LogP contribution in [-0.4, -0.2) is 34.1 Å². The van der Waals surface area contributed by atoms with E-state index in [1.165, 1.54) is 0 Å². The van der Waals surface area contributed by atoms with Crippen LogP contribution < -0.4 is 5.32 Å². The van der Waals surface area contributed by atoms with Gasteiger partial charge >= 0.3 is 0 Å². The number of alkyl halides is 1. The summed E-state index contributed by atoms with van der Waals surface area (Å²) >= 11 is 11.5. The number of H-pyrrole nitrogens is 1. The largest absolute Gasteiger partial charge is 0.377 e. The van der Waals surface area contributed by atoms with E-state index >= 15 is 0 Å². The number of hydrogen-bond acceptors (Lipinski definition) is 4. The molecular weight excluding hydrogens is 303 g/mol. The fourth-order valence-corrected chi connectivity index (χ4v) is 1.85. The SMILES string of the molecule is COCc1n[nH]c(-c2cc(Cl)ccc2NC(=O)CCl)n1. The van der Waals surface area contributed by atoms with Crippen LogP contribution in [0.1, 0.15) is 5.82 Å². The Labute approximate surface area is 125 Å². The number of amides is 1. The topological polar surface area (TPSA) is 79.9 Å². The van der Waals surface area contributed by atoms with Gasteiger partial charge in [-0.2, -0.15) is 5.10 Å². The number of carbonyl (C=O) groups excluding carboxylic acids is 1. The monoisotopic (exact) mass is 314 g/mol. The van der Waals surface area contributed by atoms with E-state index in [1.54, 1.807) is 25.3 Å². The number of rotatable bonds is 5. The van der Waals surface area contributed by atoms with E-state index in [1.807, 2.05) is 0 Å². The molecule has 6 nitrogen and oxygen atoms in total. The summed E-state index contributed by atoms with van der Waals surface area (Å²) in [6, 6.07) is 5.03. The summed E-state index contributed by atoms with van der Waals surface area (Å²) in [5, 5.41) is 9.99. The van der Waals surface area contributed by atoms with E-state index in [9.17, 15) is 4.79 Å². The maximum absolute atomic E-state index is 11.4. The van der Waals surface area contributed by atoms with Gasteiger partial charge in [-0.1, -0.05) is 11.6 Å². The molecule has 20 heavy (non-hydrogen) atoms. The Kier molecular flexibility index (Phi) is 4.94. The Morgan fingerprint density at radius 2 is 2.30 bits per heavy atom. The van der Waals surface area contributed by atoms with Crippen molar-refractivity contribution >= 4 is 34.8 Å². The average Bonchev–Trinajstić information content (AvgIpc) is 2.89. The van der Waals surface area contributed by atoms with Crippen LogP contribution in [0.3, 0.4) is 0 Å². The van der Waals surface area contributed by atoms with Crippen molar-refractivity contribution in [2.24, 2.45) is 0 Å². The standard InChI is InChI=1S/C12H12Cl2N4O2/c1-20-6-10-16-12(18-17-10)8-4-7(14)2-3-9(8)15-11(19)5-13/h2-4H,5-6H2,1H3,(H,15,19)(H,16,17,18). The minimum absolute atomic E-state index is 0.132. The summed E-state index contributed by atoms with van der Waals surface area (Å²) in [5.41, 5.74) is 1.19. The van der Waals surface area contributed by atoms with Crippen LogP contribution in [0, 0.1) is 0 Å². The van der Waals surface area contributed by atoms with Crippen LogP contribution in [0.25, 0.3) is 11.4 Å². The molecule has 8 heteroatoms. The van der Waals surface area contributed by atoms with Crippen molar-refractivity contribution in [1.29, 1.82) is 0 Å². The van der Waals surface area contributed by atoms with Gasteiger partial charge in [-0.25, -0.2) is 4.98 Å². The highest BCUT2D eigenvalue weighted by molar-refractivity contribution is 6.31. The van der Waals surface area contributed by atoms with Crippen LogP contribution >= 0.6 is 23.2 Å². The summed E-state index contributed by atoms with van der Waals surface area (Å²) in [7, 11) is 1.56. The van der Waals surface area contributed by atoms with Gasteiger partial charge in [0.05, 0.1) is 5.69 Å². The van der Waals surface area contributed by atoms with Gasteiger partial charge in [-0.05, 0) is 18.2 Å². The third-order valence-electron chi connectivity index (χ3n) is 2.44. The number of nitrogens with zero attached hydrogens (tertiary/aromatic N) is 2. The van der Waals surface area contributed by atoms with Crippen LogP contribution in [0.4, 0.5) is 5.69 Å². The minimum atomic E-state index is -0.313. The number of anilines is 1. The highest BCUT2D eigenvalue weighted by Gasteiger charge is 2.13. The Morgan fingerprint density at radius 3 is 3.00 bits per heavy atom. The molecule has 106 valence electrons. The zero-order valence-corrected chi connectivity index (χ0v) is 12.1. The smallest absolute Gasteiger partial charge is 0.239 e. The Bertz CT molecular complexity index is 615. The molecule has 0 aliphatic rings. The zero-order chi connectivity index (χ0) is 14.5. The molecule has 0 spiro atoms. The van der Waals surface area contributed by atoms with Crippen molar-refractivity contribution in [1.82, 2.24) is 15.2 Å². The first-order valence-electron chi connectivity index (χ1n) is 5.70. The summed E-state index contributed by atoms with van der Waals surface area (Å²) in [5.74, 6) is 0.557. The fraction of sp³-hybridized carbons (Fsp3) is 0.250. The lowest BCUT2D eigenvalue weighted by atomic mass is 10.1. The highest BCUT2D eigenvalue weighted by atomic mass is 35.5. The van der Waals surface area contributed by atoms with Gasteiger partial charge in [-0.15, -0.1) is 11.6 Å². The van der Waals surface area contributed by atoms with E-state index in [4.69, 9.17) is 27.9 Å². The van der Waals surface area contributed by atoms with Crippen molar-refractivity contribution < 1.29 is 9.53 Å². The Hall–Kier alpha value is -1.63. The number of halogens is 2. The molecule has 0 fully saturated rings. The van der Waals surface area contributed by atoms with Gasteiger partial charge in [0.1, 0.15) is 12.5 Å². The second-order valence-corrected chi connectivity index (χ2v) is 4.61. The number of ether oxygens (including phenoxy) is 1. The molecule has 2 rings (SSSR count). The zero-order valence-electron chi connectivity index (χ0n) is 10.6. The van der Waals surface area contributed by atoms with Gasteiger partial charge in [0.25, 0.3) is 0 Å². The predicted octanol–water partition coefficient (Wildman–Crippen LogP) is 2.45. The minimum Gasteiger partial charge on any atom is -0.377 e. The average molecular weight is 315 g/mol. The quantitative estimate of drug-likeness (QED) is 0.831. The third kappa shape index (κ3) is 3.47. The molecule has 0 saturated carbocycles. The molecule has 0 atom stereocenters. The number of aromatic nitrogens is 3. The summed E-state index contributed by atoms with van der Waals surface area (Å²) in [4.78, 5) is 15.7.